The van der Waals surface area contributed by atoms with E-state index < -0.39 is 30.7 Å². The van der Waals surface area contributed by atoms with Gasteiger partial charge in [-0.25, -0.2) is 0 Å². The van der Waals surface area contributed by atoms with Crippen LogP contribution in [-0.2, 0) is 19.0 Å². The summed E-state index contributed by atoms with van der Waals surface area (Å²) in [6, 6.07) is 0. The van der Waals surface area contributed by atoms with E-state index in [1.165, 1.54) is 76.2 Å². The highest BCUT2D eigenvalue weighted by Crippen LogP contribution is 2.67. The van der Waals surface area contributed by atoms with Crippen molar-refractivity contribution in [1.82, 2.24) is 0 Å². The molecule has 0 radical (unpaired) electrons. The van der Waals surface area contributed by atoms with E-state index in [0.29, 0.717) is 17.8 Å². The van der Waals surface area contributed by atoms with E-state index in [-0.39, 0.29) is 24.1 Å². The summed E-state index contributed by atoms with van der Waals surface area (Å²) in [5, 5.41) is 32.4. The van der Waals surface area contributed by atoms with Gasteiger partial charge in [0.15, 0.2) is 6.29 Å². The SMILES string of the molecule is CCCCC/C=C\CCCCCCCC(=O)OCC1OC(OC2CCC3(C)C(=CCC4C3CCC3(C)C(C(C)CCC(C)C(C)C)CCC43)C2)C(O)C(O)C1O. The Morgan fingerprint density at radius 2 is 1.57 bits per heavy atom. The Morgan fingerprint density at radius 1 is 0.857 bits per heavy atom. The zero-order valence-corrected chi connectivity index (χ0v) is 36.8. The third kappa shape index (κ3) is 11.1. The molecule has 4 fully saturated rings. The second kappa shape index (κ2) is 21.3. The predicted molar refractivity (Wildman–Crippen MR) is 226 cm³/mol. The predicted octanol–water partition coefficient (Wildman–Crippen LogP) is 10.9. The first-order valence-electron chi connectivity index (χ1n) is 23.6. The van der Waals surface area contributed by atoms with Crippen molar-refractivity contribution in [3.63, 3.8) is 0 Å². The van der Waals surface area contributed by atoms with E-state index in [1.54, 1.807) is 0 Å². The molecular formula is C49H84O7. The average Bonchev–Trinajstić information content (AvgIpc) is 3.54. The number of fused-ring (bicyclic) bond motifs is 5. The largest absolute Gasteiger partial charge is 0.463 e. The molecule has 0 aromatic carbocycles. The number of hydrogen-bond acceptors (Lipinski definition) is 7. The van der Waals surface area contributed by atoms with E-state index in [0.717, 1.165) is 93.3 Å². The van der Waals surface area contributed by atoms with Crippen LogP contribution in [0.2, 0.25) is 0 Å². The molecule has 3 N–H and O–H groups in total. The van der Waals surface area contributed by atoms with E-state index in [4.69, 9.17) is 14.2 Å². The van der Waals surface area contributed by atoms with Gasteiger partial charge in [0.25, 0.3) is 0 Å². The summed E-state index contributed by atoms with van der Waals surface area (Å²) >= 11 is 0. The van der Waals surface area contributed by atoms with Crippen LogP contribution in [0.4, 0.5) is 0 Å². The molecule has 1 saturated heterocycles. The average molecular weight is 785 g/mol. The van der Waals surface area contributed by atoms with Gasteiger partial charge in [0, 0.05) is 6.42 Å². The molecule has 4 aliphatic carbocycles. The van der Waals surface area contributed by atoms with Crippen LogP contribution < -0.4 is 0 Å². The fourth-order valence-electron chi connectivity index (χ4n) is 12.2. The van der Waals surface area contributed by atoms with Crippen LogP contribution in [0.1, 0.15) is 183 Å². The van der Waals surface area contributed by atoms with E-state index in [2.05, 4.69) is 66.7 Å². The number of allylic oxidation sites excluding steroid dienone is 3. The van der Waals surface area contributed by atoms with Crippen LogP contribution in [0.15, 0.2) is 23.8 Å². The van der Waals surface area contributed by atoms with Crippen molar-refractivity contribution in [3.8, 4) is 0 Å². The molecule has 3 saturated carbocycles. The molecule has 1 heterocycles. The van der Waals surface area contributed by atoms with Crippen LogP contribution in [0.3, 0.4) is 0 Å². The van der Waals surface area contributed by atoms with E-state index in [1.807, 2.05) is 0 Å². The molecular weight excluding hydrogens is 701 g/mol. The summed E-state index contributed by atoms with van der Waals surface area (Å²) in [5.74, 6) is 5.15. The maximum absolute atomic E-state index is 12.6. The molecule has 7 nitrogen and oxygen atoms in total. The van der Waals surface area contributed by atoms with Gasteiger partial charge < -0.3 is 29.5 Å². The minimum absolute atomic E-state index is 0.142. The smallest absolute Gasteiger partial charge is 0.305 e. The number of carbonyl (C=O) groups excluding carboxylic acids is 1. The van der Waals surface area contributed by atoms with Crippen LogP contribution in [-0.4, -0.2) is 64.7 Å². The Morgan fingerprint density at radius 3 is 2.30 bits per heavy atom. The summed E-state index contributed by atoms with van der Waals surface area (Å²) in [7, 11) is 0. The van der Waals surface area contributed by atoms with Crippen LogP contribution >= 0.6 is 0 Å². The minimum atomic E-state index is -1.44. The van der Waals surface area contributed by atoms with Gasteiger partial charge in [0.1, 0.15) is 31.0 Å². The molecule has 0 spiro atoms. The highest BCUT2D eigenvalue weighted by molar-refractivity contribution is 5.69. The van der Waals surface area contributed by atoms with Crippen molar-refractivity contribution < 1.29 is 34.3 Å². The lowest BCUT2D eigenvalue weighted by Gasteiger charge is -2.58. The maximum atomic E-state index is 12.6. The maximum Gasteiger partial charge on any atom is 0.305 e. The summed E-state index contributed by atoms with van der Waals surface area (Å²) in [4.78, 5) is 12.6. The number of unbranched alkanes of at least 4 members (excludes halogenated alkanes) is 8. The van der Waals surface area contributed by atoms with Gasteiger partial charge in [-0.05, 0) is 136 Å². The Labute approximate surface area is 342 Å². The van der Waals surface area contributed by atoms with Gasteiger partial charge in [-0.3, -0.25) is 4.79 Å². The molecule has 1 aliphatic heterocycles. The van der Waals surface area contributed by atoms with E-state index in [9.17, 15) is 20.1 Å². The number of esters is 1. The lowest BCUT2D eigenvalue weighted by Crippen LogP contribution is -2.60. The van der Waals surface area contributed by atoms with Crippen LogP contribution in [0.5, 0.6) is 0 Å². The molecule has 0 amide bonds. The summed E-state index contributed by atoms with van der Waals surface area (Å²) < 4.78 is 18.0. The van der Waals surface area contributed by atoms with Gasteiger partial charge in [-0.2, -0.15) is 0 Å². The first kappa shape index (κ1) is 45.8. The number of aliphatic hydroxyl groups is 3. The quantitative estimate of drug-likeness (QED) is 0.0605. The molecule has 0 aromatic rings. The third-order valence-electron chi connectivity index (χ3n) is 16.3. The summed E-state index contributed by atoms with van der Waals surface area (Å²) in [5.41, 5.74) is 2.12. The van der Waals surface area contributed by atoms with Crippen molar-refractivity contribution >= 4 is 5.97 Å². The second-order valence-electron chi connectivity index (χ2n) is 20.2. The zero-order valence-electron chi connectivity index (χ0n) is 36.8. The molecule has 5 rings (SSSR count). The standard InChI is InChI=1S/C49H84O7/c1-8-9-10-11-12-13-14-15-16-17-18-19-20-43(50)54-32-42-44(51)45(52)46(53)47(56-42)55-37-27-29-48(6)36(31-37)23-24-38-40-26-25-39(49(40,7)30-28-41(38)48)35(5)22-21-34(4)33(2)3/h12-13,23,33-35,37-42,44-47,51-53H,8-11,14-22,24-32H2,1-7H3/b13-12-. The fraction of sp³-hybridized carbons (Fsp3) is 0.898. The summed E-state index contributed by atoms with van der Waals surface area (Å²) in [6.07, 6.45) is 24.5. The number of hydrogen-bond donors (Lipinski definition) is 3. The number of carbonyl (C=O) groups is 1. The Bertz CT molecular complexity index is 1260. The molecule has 0 aromatic heterocycles. The molecule has 322 valence electrons. The number of rotatable bonds is 21. The molecule has 7 heteroatoms. The monoisotopic (exact) mass is 785 g/mol. The normalized spacial score (nSPS) is 38.2. The molecule has 5 aliphatic rings. The van der Waals surface area contributed by atoms with Gasteiger partial charge in [-0.15, -0.1) is 0 Å². The van der Waals surface area contributed by atoms with Crippen molar-refractivity contribution in [2.24, 2.45) is 52.3 Å². The fourth-order valence-corrected chi connectivity index (χ4v) is 12.2. The van der Waals surface area contributed by atoms with Gasteiger partial charge >= 0.3 is 5.97 Å². The molecule has 14 unspecified atom stereocenters. The van der Waals surface area contributed by atoms with Crippen molar-refractivity contribution in [1.29, 1.82) is 0 Å². The second-order valence-corrected chi connectivity index (χ2v) is 20.2. The minimum Gasteiger partial charge on any atom is -0.463 e. The lowest BCUT2D eigenvalue weighted by atomic mass is 9.47. The Kier molecular flexibility index (Phi) is 17.4. The zero-order chi connectivity index (χ0) is 40.5. The van der Waals surface area contributed by atoms with Gasteiger partial charge in [0.2, 0.25) is 0 Å². The molecule has 14 atom stereocenters. The number of ether oxygens (including phenoxy) is 3. The number of aliphatic hydroxyl groups excluding tert-OH is 3. The van der Waals surface area contributed by atoms with Crippen molar-refractivity contribution in [2.75, 3.05) is 6.61 Å². The first-order valence-corrected chi connectivity index (χ1v) is 23.6. The van der Waals surface area contributed by atoms with Gasteiger partial charge in [-0.1, -0.05) is 117 Å². The third-order valence-corrected chi connectivity index (χ3v) is 16.3. The lowest BCUT2D eigenvalue weighted by molar-refractivity contribution is -0.313. The van der Waals surface area contributed by atoms with E-state index >= 15 is 0 Å². The van der Waals surface area contributed by atoms with Crippen molar-refractivity contribution in [2.45, 2.75) is 220 Å². The first-order chi connectivity index (χ1) is 26.8. The highest BCUT2D eigenvalue weighted by atomic mass is 16.7. The molecule has 56 heavy (non-hydrogen) atoms. The Balaban J connectivity index is 1.06. The van der Waals surface area contributed by atoms with Crippen LogP contribution in [0, 0.1) is 52.3 Å². The van der Waals surface area contributed by atoms with Crippen molar-refractivity contribution in [3.05, 3.63) is 23.8 Å². The highest BCUT2D eigenvalue weighted by Gasteiger charge is 2.59. The van der Waals surface area contributed by atoms with Gasteiger partial charge in [0.05, 0.1) is 6.10 Å². The Hall–Kier alpha value is -1.25. The summed E-state index contributed by atoms with van der Waals surface area (Å²) in [6.45, 7) is 17.0. The molecule has 0 bridgehead atoms. The topological polar surface area (TPSA) is 105 Å². The van der Waals surface area contributed by atoms with Crippen LogP contribution in [0.25, 0.3) is 0 Å².